The van der Waals surface area contributed by atoms with Gasteiger partial charge in [0.15, 0.2) is 0 Å². The maximum absolute atomic E-state index is 5.18. The molecule has 0 N–H and O–H groups in total. The summed E-state index contributed by atoms with van der Waals surface area (Å²) in [7, 11) is 3.24. The van der Waals surface area contributed by atoms with Gasteiger partial charge in [0.25, 0.3) is 0 Å². The zero-order valence-electron chi connectivity index (χ0n) is 7.63. The fourth-order valence-corrected chi connectivity index (χ4v) is 1.35. The monoisotopic (exact) mass is 242 g/mol. The van der Waals surface area contributed by atoms with E-state index in [0.717, 1.165) is 21.5 Å². The minimum Gasteiger partial charge on any atom is -0.497 e. The molecule has 0 aromatic heterocycles. The largest absolute Gasteiger partial charge is 0.497 e. The topological polar surface area (TPSA) is 18.5 Å². The fourth-order valence-electron chi connectivity index (χ4n) is 1.02. The molecule has 0 atom stereocenters. The molecule has 0 aliphatic carbocycles. The molecule has 0 amide bonds. The molecule has 0 saturated heterocycles. The van der Waals surface area contributed by atoms with Crippen molar-refractivity contribution in [3.63, 3.8) is 0 Å². The number of benzene rings is 1. The smallest absolute Gasteiger partial charge is 0.130 e. The third-order valence-corrected chi connectivity index (χ3v) is 2.13. The van der Waals surface area contributed by atoms with Crippen LogP contribution in [0.25, 0.3) is 4.48 Å². The van der Waals surface area contributed by atoms with Crippen LogP contribution in [0.2, 0.25) is 0 Å². The van der Waals surface area contributed by atoms with E-state index in [1.54, 1.807) is 14.2 Å². The van der Waals surface area contributed by atoms with Crippen LogP contribution >= 0.6 is 15.9 Å². The predicted octanol–water partition coefficient (Wildman–Crippen LogP) is 3.07. The Bertz CT molecular complexity index is 321. The molecule has 3 heteroatoms. The second-order valence-electron chi connectivity index (χ2n) is 2.47. The summed E-state index contributed by atoms with van der Waals surface area (Å²) < 4.78 is 11.0. The van der Waals surface area contributed by atoms with E-state index < -0.39 is 0 Å². The lowest BCUT2D eigenvalue weighted by atomic mass is 10.2. The number of ether oxygens (including phenoxy) is 2. The van der Waals surface area contributed by atoms with Gasteiger partial charge in [0.1, 0.15) is 11.5 Å². The predicted molar refractivity (Wildman–Crippen MR) is 57.5 cm³/mol. The van der Waals surface area contributed by atoms with Gasteiger partial charge < -0.3 is 9.47 Å². The zero-order chi connectivity index (χ0) is 9.84. The Morgan fingerprint density at radius 1 is 1.31 bits per heavy atom. The molecule has 1 aromatic rings. The number of hydrogen-bond donors (Lipinski definition) is 0. The molecule has 1 rings (SSSR count). The van der Waals surface area contributed by atoms with Crippen LogP contribution in [0.4, 0.5) is 0 Å². The molecule has 2 nitrogen and oxygen atoms in total. The summed E-state index contributed by atoms with van der Waals surface area (Å²) in [4.78, 5) is 0. The number of rotatable bonds is 3. The van der Waals surface area contributed by atoms with Crippen LogP contribution < -0.4 is 9.47 Å². The summed E-state index contributed by atoms with van der Waals surface area (Å²) in [6, 6.07) is 5.58. The lowest BCUT2D eigenvalue weighted by Gasteiger charge is -2.08. The summed E-state index contributed by atoms with van der Waals surface area (Å²) in [5.74, 6) is 1.52. The highest BCUT2D eigenvalue weighted by Crippen LogP contribution is 2.31. The maximum atomic E-state index is 5.18. The molecule has 13 heavy (non-hydrogen) atoms. The van der Waals surface area contributed by atoms with Crippen molar-refractivity contribution in [2.24, 2.45) is 0 Å². The molecule has 0 spiro atoms. The van der Waals surface area contributed by atoms with E-state index >= 15 is 0 Å². The van der Waals surface area contributed by atoms with E-state index in [4.69, 9.17) is 9.47 Å². The van der Waals surface area contributed by atoms with Crippen LogP contribution in [0.15, 0.2) is 24.8 Å². The van der Waals surface area contributed by atoms with Gasteiger partial charge >= 0.3 is 0 Å². The first kappa shape index (κ1) is 10.1. The van der Waals surface area contributed by atoms with Crippen molar-refractivity contribution >= 4 is 20.4 Å². The highest BCUT2D eigenvalue weighted by Gasteiger charge is 2.05. The van der Waals surface area contributed by atoms with Gasteiger partial charge in [-0.2, -0.15) is 0 Å². The Kier molecular flexibility index (Phi) is 3.37. The normalized spacial score (nSPS) is 9.46. The number of halogens is 1. The van der Waals surface area contributed by atoms with Crippen molar-refractivity contribution in [1.82, 2.24) is 0 Å². The number of hydrogen-bond acceptors (Lipinski definition) is 2. The van der Waals surface area contributed by atoms with Crippen molar-refractivity contribution in [1.29, 1.82) is 0 Å². The maximum Gasteiger partial charge on any atom is 0.130 e. The summed E-state index contributed by atoms with van der Waals surface area (Å²) in [5.41, 5.74) is 0.934. The molecule has 0 aliphatic heterocycles. The van der Waals surface area contributed by atoms with Gasteiger partial charge in [-0.05, 0) is 12.1 Å². The van der Waals surface area contributed by atoms with Gasteiger partial charge in [0.2, 0.25) is 0 Å². The van der Waals surface area contributed by atoms with E-state index in [1.807, 2.05) is 18.2 Å². The lowest BCUT2D eigenvalue weighted by Crippen LogP contribution is -1.90. The molecule has 70 valence electrons. The molecule has 0 bridgehead atoms. The van der Waals surface area contributed by atoms with Crippen molar-refractivity contribution in [2.75, 3.05) is 14.2 Å². The molecule has 0 radical (unpaired) electrons. The van der Waals surface area contributed by atoms with E-state index in [9.17, 15) is 0 Å². The molecular weight excluding hydrogens is 232 g/mol. The first-order valence-electron chi connectivity index (χ1n) is 3.76. The quantitative estimate of drug-likeness (QED) is 0.812. The third-order valence-electron chi connectivity index (χ3n) is 1.70. The van der Waals surface area contributed by atoms with Crippen LogP contribution in [-0.4, -0.2) is 14.2 Å². The average molecular weight is 243 g/mol. The first-order valence-corrected chi connectivity index (χ1v) is 4.55. The molecule has 0 aliphatic rings. The van der Waals surface area contributed by atoms with E-state index in [0.29, 0.717) is 0 Å². The SMILES string of the molecule is C=C(Br)c1ccc(OC)cc1OC. The third kappa shape index (κ3) is 2.25. The van der Waals surface area contributed by atoms with E-state index in [2.05, 4.69) is 22.5 Å². The summed E-state index contributed by atoms with van der Waals surface area (Å²) >= 11 is 3.31. The van der Waals surface area contributed by atoms with Crippen molar-refractivity contribution in [2.45, 2.75) is 0 Å². The standard InChI is InChI=1S/C10H11BrO2/c1-7(11)9-5-4-8(12-2)6-10(9)13-3/h4-6H,1H2,2-3H3. The van der Waals surface area contributed by atoms with Crippen molar-refractivity contribution < 1.29 is 9.47 Å². The summed E-state index contributed by atoms with van der Waals surface area (Å²) in [5, 5.41) is 0. The van der Waals surface area contributed by atoms with Gasteiger partial charge in [-0.15, -0.1) is 0 Å². The van der Waals surface area contributed by atoms with E-state index in [-0.39, 0.29) is 0 Å². The minimum atomic E-state index is 0.751. The van der Waals surface area contributed by atoms with Crippen molar-refractivity contribution in [3.05, 3.63) is 30.3 Å². The highest BCUT2D eigenvalue weighted by molar-refractivity contribution is 9.15. The molecule has 0 saturated carbocycles. The minimum absolute atomic E-state index is 0.751. The highest BCUT2D eigenvalue weighted by atomic mass is 79.9. The van der Waals surface area contributed by atoms with Gasteiger partial charge in [0, 0.05) is 16.1 Å². The fraction of sp³-hybridized carbons (Fsp3) is 0.200. The molecular formula is C10H11BrO2. The first-order chi connectivity index (χ1) is 6.19. The van der Waals surface area contributed by atoms with Crippen LogP contribution in [0.1, 0.15) is 5.56 Å². The Labute approximate surface area is 86.3 Å². The second kappa shape index (κ2) is 4.33. The Morgan fingerprint density at radius 2 is 2.00 bits per heavy atom. The van der Waals surface area contributed by atoms with Crippen LogP contribution in [0.5, 0.6) is 11.5 Å². The van der Waals surface area contributed by atoms with Crippen LogP contribution in [-0.2, 0) is 0 Å². The van der Waals surface area contributed by atoms with Gasteiger partial charge in [-0.25, -0.2) is 0 Å². The molecule has 0 unspecified atom stereocenters. The van der Waals surface area contributed by atoms with Gasteiger partial charge in [0.05, 0.1) is 14.2 Å². The second-order valence-corrected chi connectivity index (χ2v) is 3.43. The molecule has 0 fully saturated rings. The number of methoxy groups -OCH3 is 2. The lowest BCUT2D eigenvalue weighted by molar-refractivity contribution is 0.393. The average Bonchev–Trinajstić information content (AvgIpc) is 2.16. The molecule has 1 aromatic carbocycles. The Hall–Kier alpha value is -0.960. The van der Waals surface area contributed by atoms with Crippen molar-refractivity contribution in [3.8, 4) is 11.5 Å². The van der Waals surface area contributed by atoms with E-state index in [1.165, 1.54) is 0 Å². The Balaban J connectivity index is 3.15. The Morgan fingerprint density at radius 3 is 2.46 bits per heavy atom. The van der Waals surface area contributed by atoms with Crippen LogP contribution in [0.3, 0.4) is 0 Å². The van der Waals surface area contributed by atoms with Gasteiger partial charge in [-0.3, -0.25) is 0 Å². The van der Waals surface area contributed by atoms with Crippen LogP contribution in [0, 0.1) is 0 Å². The summed E-state index contributed by atoms with van der Waals surface area (Å²) in [6.45, 7) is 3.79. The molecule has 0 heterocycles. The zero-order valence-corrected chi connectivity index (χ0v) is 9.22. The van der Waals surface area contributed by atoms with Gasteiger partial charge in [-0.1, -0.05) is 22.5 Å². The summed E-state index contributed by atoms with van der Waals surface area (Å²) in [6.07, 6.45) is 0.